The smallest absolute Gasteiger partial charge is 0.251 e. The minimum absolute atomic E-state index is 0.133. The molecule has 116 valence electrons. The fourth-order valence-electron chi connectivity index (χ4n) is 2.02. The molecular weight excluding hydrogens is 300 g/mol. The quantitative estimate of drug-likeness (QED) is 0.861. The van der Waals surface area contributed by atoms with E-state index in [2.05, 4.69) is 15.3 Å². The van der Waals surface area contributed by atoms with Crippen molar-refractivity contribution in [1.82, 2.24) is 15.3 Å². The van der Waals surface area contributed by atoms with Crippen LogP contribution in [0.3, 0.4) is 0 Å². The highest BCUT2D eigenvalue weighted by Crippen LogP contribution is 2.14. The average molecular weight is 319 g/mol. The van der Waals surface area contributed by atoms with Crippen LogP contribution in [0.25, 0.3) is 0 Å². The standard InChI is InChI=1S/C16H19ClN4O/c1-11-18-9-14(15(20-11)21(2)3)10-19-16(22)13-6-4-12(8-17)5-7-13/h4-7,9H,8,10H2,1-3H3,(H,19,22). The van der Waals surface area contributed by atoms with Crippen molar-refractivity contribution in [3.8, 4) is 0 Å². The van der Waals surface area contributed by atoms with Crippen LogP contribution in [0.5, 0.6) is 0 Å². The second-order valence-corrected chi connectivity index (χ2v) is 5.44. The minimum atomic E-state index is -0.133. The third-order valence-electron chi connectivity index (χ3n) is 3.20. The molecule has 0 aliphatic heterocycles. The van der Waals surface area contributed by atoms with Crippen LogP contribution in [-0.4, -0.2) is 30.0 Å². The van der Waals surface area contributed by atoms with Crippen LogP contribution < -0.4 is 10.2 Å². The monoisotopic (exact) mass is 318 g/mol. The summed E-state index contributed by atoms with van der Waals surface area (Å²) in [6.07, 6.45) is 1.74. The first-order valence-electron chi connectivity index (χ1n) is 6.94. The van der Waals surface area contributed by atoms with E-state index in [-0.39, 0.29) is 5.91 Å². The molecule has 0 spiro atoms. The number of carbonyl (C=O) groups is 1. The largest absolute Gasteiger partial charge is 0.362 e. The number of carbonyl (C=O) groups excluding carboxylic acids is 1. The summed E-state index contributed by atoms with van der Waals surface area (Å²) < 4.78 is 0. The lowest BCUT2D eigenvalue weighted by Gasteiger charge is -2.16. The highest BCUT2D eigenvalue weighted by molar-refractivity contribution is 6.17. The van der Waals surface area contributed by atoms with Crippen LogP contribution in [0.4, 0.5) is 5.82 Å². The maximum Gasteiger partial charge on any atom is 0.251 e. The first-order valence-corrected chi connectivity index (χ1v) is 7.47. The first kappa shape index (κ1) is 16.2. The molecular formula is C16H19ClN4O. The highest BCUT2D eigenvalue weighted by Gasteiger charge is 2.10. The third-order valence-corrected chi connectivity index (χ3v) is 3.50. The zero-order chi connectivity index (χ0) is 16.1. The van der Waals surface area contributed by atoms with Crippen molar-refractivity contribution in [2.75, 3.05) is 19.0 Å². The van der Waals surface area contributed by atoms with Crippen LogP contribution >= 0.6 is 11.6 Å². The van der Waals surface area contributed by atoms with E-state index in [4.69, 9.17) is 11.6 Å². The van der Waals surface area contributed by atoms with Crippen LogP contribution in [0.15, 0.2) is 30.5 Å². The van der Waals surface area contributed by atoms with E-state index in [1.165, 1.54) is 0 Å². The van der Waals surface area contributed by atoms with E-state index in [1.807, 2.05) is 38.1 Å². The van der Waals surface area contributed by atoms with Crippen molar-refractivity contribution in [3.63, 3.8) is 0 Å². The Hall–Kier alpha value is -2.14. The lowest BCUT2D eigenvalue weighted by Crippen LogP contribution is -2.25. The van der Waals surface area contributed by atoms with Gasteiger partial charge in [0.05, 0.1) is 0 Å². The molecule has 1 N–H and O–H groups in total. The summed E-state index contributed by atoms with van der Waals surface area (Å²) >= 11 is 5.74. The molecule has 2 rings (SSSR count). The van der Waals surface area contributed by atoms with Gasteiger partial charge >= 0.3 is 0 Å². The Labute approximate surface area is 135 Å². The summed E-state index contributed by atoms with van der Waals surface area (Å²) in [7, 11) is 3.83. The number of halogens is 1. The average Bonchev–Trinajstić information content (AvgIpc) is 2.53. The molecule has 0 bridgehead atoms. The van der Waals surface area contributed by atoms with Gasteiger partial charge in [-0.15, -0.1) is 11.6 Å². The first-order chi connectivity index (χ1) is 10.5. The third kappa shape index (κ3) is 3.95. The van der Waals surface area contributed by atoms with Crippen LogP contribution in [-0.2, 0) is 12.4 Å². The second-order valence-electron chi connectivity index (χ2n) is 5.17. The zero-order valence-corrected chi connectivity index (χ0v) is 13.7. The molecule has 0 fully saturated rings. The van der Waals surface area contributed by atoms with Gasteiger partial charge in [-0.1, -0.05) is 12.1 Å². The second kappa shape index (κ2) is 7.22. The van der Waals surface area contributed by atoms with Gasteiger partial charge < -0.3 is 10.2 Å². The lowest BCUT2D eigenvalue weighted by atomic mass is 10.1. The topological polar surface area (TPSA) is 58.1 Å². The molecule has 22 heavy (non-hydrogen) atoms. The summed E-state index contributed by atoms with van der Waals surface area (Å²) in [6, 6.07) is 7.24. The predicted octanol–water partition coefficient (Wildman–Crippen LogP) is 2.52. The van der Waals surface area contributed by atoms with Crippen LogP contribution in [0.1, 0.15) is 27.3 Å². The fourth-order valence-corrected chi connectivity index (χ4v) is 2.20. The van der Waals surface area contributed by atoms with Crippen LogP contribution in [0.2, 0.25) is 0 Å². The summed E-state index contributed by atoms with van der Waals surface area (Å²) in [5.41, 5.74) is 2.47. The summed E-state index contributed by atoms with van der Waals surface area (Å²) in [5, 5.41) is 2.89. The summed E-state index contributed by atoms with van der Waals surface area (Å²) in [6.45, 7) is 2.22. The Morgan fingerprint density at radius 2 is 1.95 bits per heavy atom. The number of anilines is 1. The van der Waals surface area contributed by atoms with Crippen molar-refractivity contribution < 1.29 is 4.79 Å². The lowest BCUT2D eigenvalue weighted by molar-refractivity contribution is 0.0951. The molecule has 0 saturated heterocycles. The molecule has 0 unspecified atom stereocenters. The van der Waals surface area contributed by atoms with E-state index >= 15 is 0 Å². The molecule has 1 heterocycles. The molecule has 0 atom stereocenters. The normalized spacial score (nSPS) is 10.4. The van der Waals surface area contributed by atoms with E-state index in [9.17, 15) is 4.79 Å². The van der Waals surface area contributed by atoms with Crippen molar-refractivity contribution in [2.24, 2.45) is 0 Å². The molecule has 5 nitrogen and oxygen atoms in total. The molecule has 2 aromatic rings. The number of aromatic nitrogens is 2. The Balaban J connectivity index is 2.07. The van der Waals surface area contributed by atoms with Gasteiger partial charge in [0.1, 0.15) is 11.6 Å². The van der Waals surface area contributed by atoms with Gasteiger partial charge in [-0.3, -0.25) is 4.79 Å². The Morgan fingerprint density at radius 3 is 2.55 bits per heavy atom. The van der Waals surface area contributed by atoms with Crippen LogP contribution in [0, 0.1) is 6.92 Å². The molecule has 0 aliphatic carbocycles. The number of benzene rings is 1. The number of rotatable bonds is 5. The number of alkyl halides is 1. The number of amides is 1. The molecule has 0 saturated carbocycles. The summed E-state index contributed by atoms with van der Waals surface area (Å²) in [5.74, 6) is 1.82. The number of nitrogens with one attached hydrogen (secondary N) is 1. The Kier molecular flexibility index (Phi) is 5.33. The molecule has 1 aromatic heterocycles. The number of nitrogens with zero attached hydrogens (tertiary/aromatic N) is 3. The minimum Gasteiger partial charge on any atom is -0.362 e. The summed E-state index contributed by atoms with van der Waals surface area (Å²) in [4.78, 5) is 22.7. The number of hydrogen-bond acceptors (Lipinski definition) is 4. The molecule has 0 radical (unpaired) electrons. The van der Waals surface area contributed by atoms with Gasteiger partial charge in [0.25, 0.3) is 5.91 Å². The molecule has 1 amide bonds. The van der Waals surface area contributed by atoms with E-state index in [1.54, 1.807) is 18.3 Å². The van der Waals surface area contributed by atoms with Gasteiger partial charge in [-0.05, 0) is 24.6 Å². The predicted molar refractivity (Wildman–Crippen MR) is 88.3 cm³/mol. The van der Waals surface area contributed by atoms with Gasteiger partial charge in [0.2, 0.25) is 0 Å². The van der Waals surface area contributed by atoms with Crippen molar-refractivity contribution in [3.05, 3.63) is 53.0 Å². The van der Waals surface area contributed by atoms with Crippen molar-refractivity contribution in [1.29, 1.82) is 0 Å². The SMILES string of the molecule is Cc1ncc(CNC(=O)c2ccc(CCl)cc2)c(N(C)C)n1. The van der Waals surface area contributed by atoms with E-state index in [0.717, 1.165) is 16.9 Å². The van der Waals surface area contributed by atoms with Gasteiger partial charge in [0, 0.05) is 43.8 Å². The van der Waals surface area contributed by atoms with E-state index in [0.29, 0.717) is 23.8 Å². The van der Waals surface area contributed by atoms with Gasteiger partial charge in [-0.2, -0.15) is 0 Å². The molecule has 0 aliphatic rings. The maximum atomic E-state index is 12.2. The van der Waals surface area contributed by atoms with Crippen molar-refractivity contribution >= 4 is 23.3 Å². The number of hydrogen-bond donors (Lipinski definition) is 1. The Morgan fingerprint density at radius 1 is 1.27 bits per heavy atom. The van der Waals surface area contributed by atoms with Crippen molar-refractivity contribution in [2.45, 2.75) is 19.3 Å². The number of aryl methyl sites for hydroxylation is 1. The fraction of sp³-hybridized carbons (Fsp3) is 0.312. The van der Waals surface area contributed by atoms with E-state index < -0.39 is 0 Å². The molecule has 6 heteroatoms. The van der Waals surface area contributed by atoms with Gasteiger partial charge in [0.15, 0.2) is 0 Å². The van der Waals surface area contributed by atoms with Gasteiger partial charge in [-0.25, -0.2) is 9.97 Å². The molecule has 1 aromatic carbocycles. The Bertz CT molecular complexity index is 656. The highest BCUT2D eigenvalue weighted by atomic mass is 35.5. The zero-order valence-electron chi connectivity index (χ0n) is 12.9. The maximum absolute atomic E-state index is 12.2.